The second kappa shape index (κ2) is 2.52. The van der Waals surface area contributed by atoms with Gasteiger partial charge in [0.15, 0.2) is 0 Å². The third-order valence-electron chi connectivity index (χ3n) is 1.28. The van der Waals surface area contributed by atoms with E-state index in [1.165, 1.54) is 0 Å². The molecule has 1 aromatic carbocycles. The second-order valence-corrected chi connectivity index (χ2v) is 2.03. The van der Waals surface area contributed by atoms with Gasteiger partial charge in [0.25, 0.3) is 0 Å². The van der Waals surface area contributed by atoms with Crippen molar-refractivity contribution in [2.45, 2.75) is 6.92 Å². The number of rotatable bonds is 1. The number of aromatic carboxylic acids is 1. The largest absolute Gasteiger partial charge is 0.478 e. The Labute approximate surface area is 59.1 Å². The molecule has 0 saturated carbocycles. The number of hydrogen-bond donors (Lipinski definition) is 1. The third kappa shape index (κ3) is 1.16. The molecule has 1 radical (unpaired) electrons. The van der Waals surface area contributed by atoms with E-state index in [2.05, 4.69) is 6.07 Å². The molecule has 0 unspecified atom stereocenters. The van der Waals surface area contributed by atoms with Crippen LogP contribution in [0.2, 0.25) is 0 Å². The number of carbonyl (C=O) groups is 1. The van der Waals surface area contributed by atoms with Crippen LogP contribution in [-0.2, 0) is 0 Å². The molecule has 1 N–H and O–H groups in total. The molecule has 0 aliphatic carbocycles. The van der Waals surface area contributed by atoms with E-state index in [1.54, 1.807) is 25.1 Å². The summed E-state index contributed by atoms with van der Waals surface area (Å²) in [5.41, 5.74) is 0.998. The van der Waals surface area contributed by atoms with Gasteiger partial charge in [-0.3, -0.25) is 0 Å². The molecule has 2 nitrogen and oxygen atoms in total. The zero-order valence-electron chi connectivity index (χ0n) is 5.59. The molecule has 0 aromatic heterocycles. The van der Waals surface area contributed by atoms with E-state index in [0.29, 0.717) is 0 Å². The number of benzene rings is 1. The maximum Gasteiger partial charge on any atom is 0.336 e. The van der Waals surface area contributed by atoms with E-state index in [1.807, 2.05) is 0 Å². The van der Waals surface area contributed by atoms with Crippen LogP contribution in [0.15, 0.2) is 18.2 Å². The van der Waals surface area contributed by atoms with Gasteiger partial charge in [-0.05, 0) is 18.6 Å². The molecular formula is C8H7O2. The molecule has 0 spiro atoms. The molecule has 51 valence electrons. The first-order chi connectivity index (χ1) is 4.72. The average molecular weight is 135 g/mol. The summed E-state index contributed by atoms with van der Waals surface area (Å²) in [4.78, 5) is 10.4. The van der Waals surface area contributed by atoms with Crippen molar-refractivity contribution in [2.24, 2.45) is 0 Å². The van der Waals surface area contributed by atoms with Crippen molar-refractivity contribution in [1.29, 1.82) is 0 Å². The van der Waals surface area contributed by atoms with Crippen LogP contribution in [0.1, 0.15) is 15.9 Å². The van der Waals surface area contributed by atoms with Gasteiger partial charge in [-0.1, -0.05) is 18.2 Å². The van der Waals surface area contributed by atoms with Gasteiger partial charge in [0.1, 0.15) is 0 Å². The van der Waals surface area contributed by atoms with Crippen molar-refractivity contribution in [2.75, 3.05) is 0 Å². The minimum absolute atomic E-state index is 0.252. The van der Waals surface area contributed by atoms with Crippen LogP contribution in [0, 0.1) is 13.0 Å². The van der Waals surface area contributed by atoms with Crippen LogP contribution < -0.4 is 0 Å². The van der Waals surface area contributed by atoms with E-state index in [-0.39, 0.29) is 5.56 Å². The van der Waals surface area contributed by atoms with Gasteiger partial charge in [0.2, 0.25) is 0 Å². The van der Waals surface area contributed by atoms with Crippen molar-refractivity contribution in [1.82, 2.24) is 0 Å². The zero-order valence-corrected chi connectivity index (χ0v) is 5.59. The fourth-order valence-corrected chi connectivity index (χ4v) is 0.751. The Hall–Kier alpha value is -1.31. The molecule has 0 saturated heterocycles. The molecule has 0 amide bonds. The fraction of sp³-hybridized carbons (Fsp3) is 0.125. The van der Waals surface area contributed by atoms with Gasteiger partial charge >= 0.3 is 5.97 Å². The normalized spacial score (nSPS) is 9.30. The first-order valence-electron chi connectivity index (χ1n) is 2.92. The number of hydrogen-bond acceptors (Lipinski definition) is 1. The summed E-state index contributed by atoms with van der Waals surface area (Å²) in [6.45, 7) is 1.75. The summed E-state index contributed by atoms with van der Waals surface area (Å²) < 4.78 is 0. The van der Waals surface area contributed by atoms with Crippen molar-refractivity contribution in [3.63, 3.8) is 0 Å². The van der Waals surface area contributed by atoms with Crippen molar-refractivity contribution in [3.05, 3.63) is 35.4 Å². The van der Waals surface area contributed by atoms with Crippen LogP contribution in [0.4, 0.5) is 0 Å². The quantitative estimate of drug-likeness (QED) is 0.633. The summed E-state index contributed by atoms with van der Waals surface area (Å²) >= 11 is 0. The Morgan fingerprint density at radius 2 is 2.40 bits per heavy atom. The summed E-state index contributed by atoms with van der Waals surface area (Å²) in [7, 11) is 0. The van der Waals surface area contributed by atoms with Crippen LogP contribution in [0.25, 0.3) is 0 Å². The third-order valence-corrected chi connectivity index (χ3v) is 1.28. The lowest BCUT2D eigenvalue weighted by atomic mass is 10.1. The molecule has 0 aliphatic heterocycles. The lowest BCUT2D eigenvalue weighted by molar-refractivity contribution is 0.0696. The van der Waals surface area contributed by atoms with Gasteiger partial charge in [-0.15, -0.1) is 0 Å². The zero-order chi connectivity index (χ0) is 7.56. The molecule has 0 atom stereocenters. The average Bonchev–Trinajstić information content (AvgIpc) is 1.88. The lowest BCUT2D eigenvalue weighted by Gasteiger charge is -1.95. The molecular weight excluding hydrogens is 128 g/mol. The topological polar surface area (TPSA) is 37.3 Å². The Morgan fingerprint density at radius 3 is 2.80 bits per heavy atom. The molecule has 10 heavy (non-hydrogen) atoms. The summed E-state index contributed by atoms with van der Waals surface area (Å²) in [5, 5.41) is 8.53. The Morgan fingerprint density at radius 1 is 1.70 bits per heavy atom. The number of aryl methyl sites for hydroxylation is 1. The van der Waals surface area contributed by atoms with E-state index in [0.717, 1.165) is 5.56 Å². The SMILES string of the molecule is Cc1ccc[c]c1C(=O)O. The minimum atomic E-state index is -0.918. The fourth-order valence-electron chi connectivity index (χ4n) is 0.751. The predicted molar refractivity (Wildman–Crippen MR) is 37.0 cm³/mol. The summed E-state index contributed by atoms with van der Waals surface area (Å²) in [6.07, 6.45) is 0. The van der Waals surface area contributed by atoms with Crippen molar-refractivity contribution >= 4 is 5.97 Å². The standard InChI is InChI=1S/C8H7O2/c1-6-4-2-3-5-7(6)8(9)10/h2-4H,1H3,(H,9,10). The highest BCUT2D eigenvalue weighted by molar-refractivity contribution is 5.88. The Bertz CT molecular complexity index is 253. The maximum absolute atomic E-state index is 10.4. The second-order valence-electron chi connectivity index (χ2n) is 2.03. The molecule has 2 heteroatoms. The van der Waals surface area contributed by atoms with Crippen molar-refractivity contribution < 1.29 is 9.90 Å². The summed E-state index contributed by atoms with van der Waals surface area (Å²) in [6, 6.07) is 7.75. The first kappa shape index (κ1) is 6.81. The monoisotopic (exact) mass is 135 g/mol. The van der Waals surface area contributed by atoms with E-state index in [4.69, 9.17) is 5.11 Å². The van der Waals surface area contributed by atoms with E-state index >= 15 is 0 Å². The van der Waals surface area contributed by atoms with Crippen molar-refractivity contribution in [3.8, 4) is 0 Å². The molecule has 0 bridgehead atoms. The maximum atomic E-state index is 10.4. The van der Waals surface area contributed by atoms with Crippen LogP contribution >= 0.6 is 0 Å². The highest BCUT2D eigenvalue weighted by Crippen LogP contribution is 2.04. The number of carboxylic acids is 1. The van der Waals surface area contributed by atoms with E-state index < -0.39 is 5.97 Å². The highest BCUT2D eigenvalue weighted by atomic mass is 16.4. The molecule has 1 aromatic rings. The summed E-state index contributed by atoms with van der Waals surface area (Å²) in [5.74, 6) is -0.918. The highest BCUT2D eigenvalue weighted by Gasteiger charge is 2.03. The molecule has 1 rings (SSSR count). The van der Waals surface area contributed by atoms with E-state index in [9.17, 15) is 4.79 Å². The molecule has 0 fully saturated rings. The minimum Gasteiger partial charge on any atom is -0.478 e. The number of carboxylic acid groups (broad SMARTS) is 1. The molecule has 0 aliphatic rings. The first-order valence-corrected chi connectivity index (χ1v) is 2.92. The lowest BCUT2D eigenvalue weighted by Crippen LogP contribution is -1.98. The van der Waals surface area contributed by atoms with Crippen LogP contribution in [0.5, 0.6) is 0 Å². The van der Waals surface area contributed by atoms with Gasteiger partial charge in [-0.25, -0.2) is 4.79 Å². The van der Waals surface area contributed by atoms with Crippen LogP contribution in [0.3, 0.4) is 0 Å². The van der Waals surface area contributed by atoms with Crippen LogP contribution in [-0.4, -0.2) is 11.1 Å². The van der Waals surface area contributed by atoms with Gasteiger partial charge in [0.05, 0.1) is 5.56 Å². The predicted octanol–water partition coefficient (Wildman–Crippen LogP) is 1.49. The molecule has 0 heterocycles. The van der Waals surface area contributed by atoms with Gasteiger partial charge in [0, 0.05) is 0 Å². The Balaban J connectivity index is 3.15. The Kier molecular flexibility index (Phi) is 1.71. The van der Waals surface area contributed by atoms with Gasteiger partial charge < -0.3 is 5.11 Å². The smallest absolute Gasteiger partial charge is 0.336 e. The van der Waals surface area contributed by atoms with Gasteiger partial charge in [-0.2, -0.15) is 0 Å².